The molecule has 0 aliphatic carbocycles. The summed E-state index contributed by atoms with van der Waals surface area (Å²) in [6, 6.07) is 10.2. The first-order valence-corrected chi connectivity index (χ1v) is 7.56. The molecule has 0 unspecified atom stereocenters. The summed E-state index contributed by atoms with van der Waals surface area (Å²) in [4.78, 5) is 12.0. The van der Waals surface area contributed by atoms with Crippen molar-refractivity contribution in [3.8, 4) is 5.75 Å². The second-order valence-corrected chi connectivity index (χ2v) is 6.00. The minimum Gasteiger partial charge on any atom is -0.508 e. The number of carbonyl (C=O) groups is 1. The second kappa shape index (κ2) is 5.55. The molecule has 0 bridgehead atoms. The summed E-state index contributed by atoms with van der Waals surface area (Å²) in [6.45, 7) is 1.56. The van der Waals surface area contributed by atoms with Gasteiger partial charge in [0.25, 0.3) is 5.91 Å². The summed E-state index contributed by atoms with van der Waals surface area (Å²) >= 11 is 0. The Bertz CT molecular complexity index is 783. The number of benzene rings is 2. The van der Waals surface area contributed by atoms with Crippen molar-refractivity contribution in [3.05, 3.63) is 53.6 Å². The maximum atomic E-state index is 12.1. The third-order valence-corrected chi connectivity index (χ3v) is 4.02. The molecule has 0 aliphatic heterocycles. The first kappa shape index (κ1) is 15.0. The van der Waals surface area contributed by atoms with Crippen LogP contribution in [-0.4, -0.2) is 19.4 Å². The molecule has 0 fully saturated rings. The predicted molar refractivity (Wildman–Crippen MR) is 78.6 cm³/mol. The molecule has 0 saturated carbocycles. The normalized spacial score (nSPS) is 11.1. The molecule has 0 aliphatic rings. The highest BCUT2D eigenvalue weighted by Crippen LogP contribution is 2.22. The Morgan fingerprint density at radius 1 is 1.14 bits per heavy atom. The zero-order valence-electron chi connectivity index (χ0n) is 11.2. The number of hydrogen-bond acceptors (Lipinski definition) is 4. The van der Waals surface area contributed by atoms with Crippen molar-refractivity contribution in [3.63, 3.8) is 0 Å². The number of sulfonamides is 1. The van der Waals surface area contributed by atoms with Crippen molar-refractivity contribution < 1.29 is 18.3 Å². The lowest BCUT2D eigenvalue weighted by Gasteiger charge is -2.11. The fraction of sp³-hybridized carbons (Fsp3) is 0.0714. The molecule has 0 radical (unpaired) electrons. The second-order valence-electron chi connectivity index (χ2n) is 4.47. The van der Waals surface area contributed by atoms with Crippen molar-refractivity contribution in [1.29, 1.82) is 0 Å². The average Bonchev–Trinajstić information content (AvgIpc) is 2.40. The number of amides is 1. The molecule has 1 amide bonds. The van der Waals surface area contributed by atoms with Crippen LogP contribution in [-0.2, 0) is 10.0 Å². The van der Waals surface area contributed by atoms with E-state index in [4.69, 9.17) is 5.14 Å². The number of carbonyl (C=O) groups excluding carboxylic acids is 1. The van der Waals surface area contributed by atoms with Crippen LogP contribution < -0.4 is 10.5 Å². The van der Waals surface area contributed by atoms with Gasteiger partial charge in [-0.1, -0.05) is 6.07 Å². The van der Waals surface area contributed by atoms with Crippen molar-refractivity contribution in [2.45, 2.75) is 11.8 Å². The Kier molecular flexibility index (Phi) is 3.97. The van der Waals surface area contributed by atoms with Gasteiger partial charge in [0.05, 0.1) is 4.90 Å². The maximum absolute atomic E-state index is 12.1. The molecule has 0 aromatic heterocycles. The highest BCUT2D eigenvalue weighted by Gasteiger charge is 2.15. The molecular weight excluding hydrogens is 292 g/mol. The van der Waals surface area contributed by atoms with Gasteiger partial charge in [0, 0.05) is 11.3 Å². The highest BCUT2D eigenvalue weighted by atomic mass is 32.2. The summed E-state index contributed by atoms with van der Waals surface area (Å²) in [5.41, 5.74) is 1.07. The molecule has 2 aromatic carbocycles. The molecule has 7 heteroatoms. The Hall–Kier alpha value is -2.38. The molecule has 2 rings (SSSR count). The smallest absolute Gasteiger partial charge is 0.255 e. The number of phenolic OH excluding ortho intramolecular Hbond substituents is 1. The average molecular weight is 306 g/mol. The third-order valence-electron chi connectivity index (χ3n) is 2.97. The van der Waals surface area contributed by atoms with Crippen LogP contribution in [0.3, 0.4) is 0 Å². The summed E-state index contributed by atoms with van der Waals surface area (Å²) in [5, 5.41) is 16.9. The minimum atomic E-state index is -3.85. The van der Waals surface area contributed by atoms with Gasteiger partial charge < -0.3 is 10.4 Å². The SMILES string of the molecule is Cc1c(NC(=O)c2ccc(O)cc2)cccc1S(N)(=O)=O. The number of anilines is 1. The maximum Gasteiger partial charge on any atom is 0.255 e. The largest absolute Gasteiger partial charge is 0.508 e. The van der Waals surface area contributed by atoms with Gasteiger partial charge in [-0.05, 0) is 48.9 Å². The van der Waals surface area contributed by atoms with E-state index in [1.807, 2.05) is 0 Å². The number of rotatable bonds is 3. The van der Waals surface area contributed by atoms with Crippen LogP contribution in [0.2, 0.25) is 0 Å². The van der Waals surface area contributed by atoms with Crippen LogP contribution in [0.4, 0.5) is 5.69 Å². The van der Waals surface area contributed by atoms with Crippen molar-refractivity contribution in [2.75, 3.05) is 5.32 Å². The van der Waals surface area contributed by atoms with Gasteiger partial charge in [-0.2, -0.15) is 0 Å². The fourth-order valence-electron chi connectivity index (χ4n) is 1.87. The molecule has 0 spiro atoms. The van der Waals surface area contributed by atoms with E-state index in [-0.39, 0.29) is 10.6 Å². The zero-order valence-corrected chi connectivity index (χ0v) is 12.0. The van der Waals surface area contributed by atoms with E-state index in [9.17, 15) is 18.3 Å². The molecule has 4 N–H and O–H groups in total. The Morgan fingerprint density at radius 2 is 1.76 bits per heavy atom. The lowest BCUT2D eigenvalue weighted by molar-refractivity contribution is 0.102. The van der Waals surface area contributed by atoms with E-state index >= 15 is 0 Å². The summed E-state index contributed by atoms with van der Waals surface area (Å²) in [7, 11) is -3.85. The lowest BCUT2D eigenvalue weighted by Crippen LogP contribution is -2.17. The highest BCUT2D eigenvalue weighted by molar-refractivity contribution is 7.89. The number of phenols is 1. The topological polar surface area (TPSA) is 109 Å². The van der Waals surface area contributed by atoms with Crippen LogP contribution in [0, 0.1) is 6.92 Å². The van der Waals surface area contributed by atoms with E-state index in [0.717, 1.165) is 0 Å². The summed E-state index contributed by atoms with van der Waals surface area (Å²) in [6.07, 6.45) is 0. The number of hydrogen-bond donors (Lipinski definition) is 3. The van der Waals surface area contributed by atoms with E-state index in [2.05, 4.69) is 5.32 Å². The predicted octanol–water partition coefficient (Wildman–Crippen LogP) is 1.60. The number of nitrogens with two attached hydrogens (primary N) is 1. The van der Waals surface area contributed by atoms with E-state index < -0.39 is 15.9 Å². The molecule has 0 heterocycles. The lowest BCUT2D eigenvalue weighted by atomic mass is 10.1. The van der Waals surface area contributed by atoms with Crippen LogP contribution in [0.5, 0.6) is 5.75 Å². The van der Waals surface area contributed by atoms with Crippen molar-refractivity contribution in [1.82, 2.24) is 0 Å². The summed E-state index contributed by atoms with van der Waals surface area (Å²) < 4.78 is 22.9. The molecule has 110 valence electrons. The molecule has 0 saturated heterocycles. The number of aromatic hydroxyl groups is 1. The van der Waals surface area contributed by atoms with E-state index in [0.29, 0.717) is 16.8 Å². The van der Waals surface area contributed by atoms with Crippen LogP contribution in [0.25, 0.3) is 0 Å². The van der Waals surface area contributed by atoms with Gasteiger partial charge >= 0.3 is 0 Å². The van der Waals surface area contributed by atoms with Gasteiger partial charge in [0.1, 0.15) is 5.75 Å². The quantitative estimate of drug-likeness (QED) is 0.800. The minimum absolute atomic E-state index is 0.0361. The Balaban J connectivity index is 2.32. The molecule has 2 aromatic rings. The molecule has 21 heavy (non-hydrogen) atoms. The van der Waals surface area contributed by atoms with Crippen LogP contribution in [0.1, 0.15) is 15.9 Å². The van der Waals surface area contributed by atoms with Gasteiger partial charge in [0.2, 0.25) is 10.0 Å². The van der Waals surface area contributed by atoms with Gasteiger partial charge in [-0.25, -0.2) is 13.6 Å². The molecule has 6 nitrogen and oxygen atoms in total. The fourth-order valence-corrected chi connectivity index (χ4v) is 2.67. The standard InChI is InChI=1S/C14H14N2O4S/c1-9-12(3-2-4-13(9)21(15,19)20)16-14(18)10-5-7-11(17)8-6-10/h2-8,17H,1H3,(H,16,18)(H2,15,19,20). The molecular formula is C14H14N2O4S. The Labute approximate surface area is 122 Å². The van der Waals surface area contributed by atoms with Crippen LogP contribution in [0.15, 0.2) is 47.4 Å². The first-order valence-electron chi connectivity index (χ1n) is 6.02. The van der Waals surface area contributed by atoms with Crippen molar-refractivity contribution >= 4 is 21.6 Å². The van der Waals surface area contributed by atoms with Gasteiger partial charge in [-0.15, -0.1) is 0 Å². The van der Waals surface area contributed by atoms with Gasteiger partial charge in [0.15, 0.2) is 0 Å². The van der Waals surface area contributed by atoms with Crippen molar-refractivity contribution in [2.24, 2.45) is 5.14 Å². The monoisotopic (exact) mass is 306 g/mol. The van der Waals surface area contributed by atoms with E-state index in [1.165, 1.54) is 36.4 Å². The number of nitrogens with one attached hydrogen (secondary N) is 1. The zero-order chi connectivity index (χ0) is 15.6. The van der Waals surface area contributed by atoms with Gasteiger partial charge in [-0.3, -0.25) is 4.79 Å². The summed E-state index contributed by atoms with van der Waals surface area (Å²) in [5.74, 6) is -0.358. The first-order chi connectivity index (χ1) is 9.79. The van der Waals surface area contributed by atoms with Crippen LogP contribution >= 0.6 is 0 Å². The third kappa shape index (κ3) is 3.39. The van der Waals surface area contributed by atoms with E-state index in [1.54, 1.807) is 13.0 Å². The number of primary sulfonamides is 1. The Morgan fingerprint density at radius 3 is 2.33 bits per heavy atom. The molecule has 0 atom stereocenters.